The summed E-state index contributed by atoms with van der Waals surface area (Å²) in [6, 6.07) is 0. The van der Waals surface area contributed by atoms with Crippen LogP contribution in [0.15, 0.2) is 0 Å². The van der Waals surface area contributed by atoms with Gasteiger partial charge in [-0.05, 0) is 33.6 Å². The number of carbonyl (C=O) groups is 2. The van der Waals surface area contributed by atoms with Crippen LogP contribution in [-0.4, -0.2) is 74.0 Å². The van der Waals surface area contributed by atoms with Crippen molar-refractivity contribution in [1.29, 1.82) is 0 Å². The van der Waals surface area contributed by atoms with E-state index < -0.39 is 38.4 Å². The van der Waals surface area contributed by atoms with Crippen LogP contribution in [0.1, 0.15) is 33.6 Å². The number of amides is 2. The molecular weight excluding hydrogens is 308 g/mol. The fourth-order valence-electron chi connectivity index (χ4n) is 2.14. The van der Waals surface area contributed by atoms with Gasteiger partial charge in [0, 0.05) is 27.2 Å². The predicted molar refractivity (Wildman–Crippen MR) is 83.3 cm³/mol. The lowest BCUT2D eigenvalue weighted by Crippen LogP contribution is -2.46. The van der Waals surface area contributed by atoms with Crippen molar-refractivity contribution in [1.82, 2.24) is 9.80 Å². The third-order valence-electron chi connectivity index (χ3n) is 3.43. The minimum Gasteiger partial charge on any atom is -0.444 e. The molecular formula is C14H26N2O5S. The smallest absolute Gasteiger partial charge is 0.410 e. The third-order valence-corrected chi connectivity index (χ3v) is 5.56. The molecule has 0 saturated carbocycles. The van der Waals surface area contributed by atoms with Gasteiger partial charge >= 0.3 is 6.09 Å². The molecule has 1 saturated heterocycles. The van der Waals surface area contributed by atoms with E-state index >= 15 is 0 Å². The molecule has 0 bridgehead atoms. The van der Waals surface area contributed by atoms with Crippen molar-refractivity contribution in [3.05, 3.63) is 0 Å². The van der Waals surface area contributed by atoms with Crippen molar-refractivity contribution in [2.24, 2.45) is 0 Å². The number of ether oxygens (including phenoxy) is 1. The molecule has 0 spiro atoms. The molecule has 0 aromatic rings. The van der Waals surface area contributed by atoms with Crippen LogP contribution in [0.3, 0.4) is 0 Å². The van der Waals surface area contributed by atoms with E-state index in [1.807, 2.05) is 0 Å². The van der Waals surface area contributed by atoms with Crippen LogP contribution in [0, 0.1) is 0 Å². The highest BCUT2D eigenvalue weighted by molar-refractivity contribution is 7.92. The summed E-state index contributed by atoms with van der Waals surface area (Å²) in [7, 11) is -0.420. The van der Waals surface area contributed by atoms with Gasteiger partial charge in [-0.2, -0.15) is 0 Å². The number of hydrogen-bond acceptors (Lipinski definition) is 5. The Morgan fingerprint density at radius 2 is 1.68 bits per heavy atom. The first kappa shape index (κ1) is 18.7. The lowest BCUT2D eigenvalue weighted by atomic mass is 10.1. The van der Waals surface area contributed by atoms with Crippen molar-refractivity contribution in [2.45, 2.75) is 44.5 Å². The Morgan fingerprint density at radius 3 is 2.09 bits per heavy atom. The molecule has 0 aromatic carbocycles. The summed E-state index contributed by atoms with van der Waals surface area (Å²) in [5.41, 5.74) is -0.571. The van der Waals surface area contributed by atoms with Gasteiger partial charge in [0.25, 0.3) is 0 Å². The minimum absolute atomic E-state index is 0.328. The van der Waals surface area contributed by atoms with Crippen molar-refractivity contribution in [3.8, 4) is 0 Å². The zero-order valence-corrected chi connectivity index (χ0v) is 14.8. The summed E-state index contributed by atoms with van der Waals surface area (Å²) in [4.78, 5) is 26.3. The Morgan fingerprint density at radius 1 is 1.18 bits per heavy atom. The molecule has 0 unspecified atom stereocenters. The summed E-state index contributed by atoms with van der Waals surface area (Å²) in [6.45, 7) is 6.02. The van der Waals surface area contributed by atoms with Crippen LogP contribution >= 0.6 is 0 Å². The van der Waals surface area contributed by atoms with Gasteiger partial charge in [0.2, 0.25) is 5.91 Å². The van der Waals surface area contributed by atoms with Crippen molar-refractivity contribution in [2.75, 3.05) is 32.9 Å². The zero-order valence-electron chi connectivity index (χ0n) is 14.0. The third kappa shape index (κ3) is 5.47. The van der Waals surface area contributed by atoms with E-state index in [-0.39, 0.29) is 0 Å². The van der Waals surface area contributed by atoms with E-state index in [2.05, 4.69) is 0 Å². The van der Waals surface area contributed by atoms with E-state index in [4.69, 9.17) is 4.74 Å². The lowest BCUT2D eigenvalue weighted by molar-refractivity contribution is -0.126. The van der Waals surface area contributed by atoms with E-state index in [0.717, 1.165) is 0 Å². The second-order valence-electron chi connectivity index (χ2n) is 6.76. The van der Waals surface area contributed by atoms with Crippen molar-refractivity contribution in [3.63, 3.8) is 0 Å². The van der Waals surface area contributed by atoms with Gasteiger partial charge in [-0.1, -0.05) is 0 Å². The van der Waals surface area contributed by atoms with Crippen LogP contribution in [0.4, 0.5) is 4.79 Å². The Balaban J connectivity index is 2.58. The predicted octanol–water partition coefficient (Wildman–Crippen LogP) is 0.889. The SMILES string of the molecule is CN(C)C(=O)CS(=O)(=O)C1CCN(C(=O)OC(C)(C)C)CC1. The highest BCUT2D eigenvalue weighted by Gasteiger charge is 2.34. The van der Waals surface area contributed by atoms with E-state index in [0.29, 0.717) is 25.9 Å². The van der Waals surface area contributed by atoms with Gasteiger partial charge in [-0.15, -0.1) is 0 Å². The monoisotopic (exact) mass is 334 g/mol. The Kier molecular flexibility index (Phi) is 5.83. The van der Waals surface area contributed by atoms with Crippen molar-refractivity contribution >= 4 is 21.8 Å². The van der Waals surface area contributed by atoms with Crippen molar-refractivity contribution < 1.29 is 22.7 Å². The maximum absolute atomic E-state index is 12.2. The van der Waals surface area contributed by atoms with Gasteiger partial charge in [-0.25, -0.2) is 13.2 Å². The van der Waals surface area contributed by atoms with Gasteiger partial charge in [0.15, 0.2) is 9.84 Å². The summed E-state index contributed by atoms with van der Waals surface area (Å²) in [6.07, 6.45) is 0.248. The number of carbonyl (C=O) groups excluding carboxylic acids is 2. The summed E-state index contributed by atoms with van der Waals surface area (Å²) < 4.78 is 29.7. The lowest BCUT2D eigenvalue weighted by Gasteiger charge is -2.33. The number of piperidine rings is 1. The molecule has 0 aromatic heterocycles. The summed E-state index contributed by atoms with van der Waals surface area (Å²) in [5.74, 6) is -0.897. The topological polar surface area (TPSA) is 84.0 Å². The quantitative estimate of drug-likeness (QED) is 0.765. The maximum Gasteiger partial charge on any atom is 0.410 e. The largest absolute Gasteiger partial charge is 0.444 e. The van der Waals surface area contributed by atoms with E-state index in [9.17, 15) is 18.0 Å². The number of sulfone groups is 1. The number of hydrogen-bond donors (Lipinski definition) is 0. The van der Waals surface area contributed by atoms with Gasteiger partial charge in [0.1, 0.15) is 11.4 Å². The maximum atomic E-state index is 12.2. The highest BCUT2D eigenvalue weighted by Crippen LogP contribution is 2.20. The number of likely N-dealkylation sites (tertiary alicyclic amines) is 1. The standard InChI is InChI=1S/C14H26N2O5S/c1-14(2,3)21-13(18)16-8-6-11(7-9-16)22(19,20)10-12(17)15(4)5/h11H,6-10H2,1-5H3. The molecule has 0 aliphatic carbocycles. The average molecular weight is 334 g/mol. The number of nitrogens with zero attached hydrogens (tertiary/aromatic N) is 2. The van der Waals surface area contributed by atoms with E-state index in [1.54, 1.807) is 20.8 Å². The second-order valence-corrected chi connectivity index (χ2v) is 9.04. The van der Waals surface area contributed by atoms with Crippen LogP contribution in [0.2, 0.25) is 0 Å². The minimum atomic E-state index is -3.48. The molecule has 22 heavy (non-hydrogen) atoms. The molecule has 1 fully saturated rings. The van der Waals surface area contributed by atoms with Crippen LogP contribution in [-0.2, 0) is 19.4 Å². The van der Waals surface area contributed by atoms with Crippen LogP contribution < -0.4 is 0 Å². The molecule has 1 aliphatic rings. The average Bonchev–Trinajstić information content (AvgIpc) is 2.36. The van der Waals surface area contributed by atoms with Gasteiger partial charge in [0.05, 0.1) is 5.25 Å². The fraction of sp³-hybridized carbons (Fsp3) is 0.857. The second kappa shape index (κ2) is 6.85. The Bertz CT molecular complexity index is 514. The molecule has 0 N–H and O–H groups in total. The normalized spacial score (nSPS) is 17.2. The zero-order chi connectivity index (χ0) is 17.1. The van der Waals surface area contributed by atoms with Gasteiger partial charge in [-0.3, -0.25) is 4.79 Å². The Labute approximate surface area is 132 Å². The molecule has 1 rings (SSSR count). The molecule has 8 heteroatoms. The molecule has 1 heterocycles. The first-order valence-corrected chi connectivity index (χ1v) is 9.03. The number of rotatable bonds is 3. The molecule has 128 valence electrons. The molecule has 1 aliphatic heterocycles. The van der Waals surface area contributed by atoms with E-state index in [1.165, 1.54) is 23.9 Å². The summed E-state index contributed by atoms with van der Waals surface area (Å²) >= 11 is 0. The molecule has 0 radical (unpaired) electrons. The fourth-order valence-corrected chi connectivity index (χ4v) is 3.91. The first-order valence-electron chi connectivity index (χ1n) is 7.32. The molecule has 2 amide bonds. The Hall–Kier alpha value is -1.31. The summed E-state index contributed by atoms with van der Waals surface area (Å²) in [5, 5.41) is -0.574. The van der Waals surface area contributed by atoms with Gasteiger partial charge < -0.3 is 14.5 Å². The van der Waals surface area contributed by atoms with Crippen LogP contribution in [0.5, 0.6) is 0 Å². The highest BCUT2D eigenvalue weighted by atomic mass is 32.2. The first-order chi connectivity index (χ1) is 9.92. The molecule has 0 atom stereocenters. The molecule has 7 nitrogen and oxygen atoms in total. The van der Waals surface area contributed by atoms with Crippen LogP contribution in [0.25, 0.3) is 0 Å².